The third-order valence-corrected chi connectivity index (χ3v) is 14.1. The van der Waals surface area contributed by atoms with Gasteiger partial charge in [0.1, 0.15) is 0 Å². The molecule has 1 nitrogen and oxygen atoms in total. The molecular weight excluding hydrogens is 391 g/mol. The third kappa shape index (κ3) is 3.13. The van der Waals surface area contributed by atoms with E-state index in [4.69, 9.17) is 0 Å². The van der Waals surface area contributed by atoms with Crippen molar-refractivity contribution in [2.24, 2.45) is 0 Å². The van der Waals surface area contributed by atoms with E-state index in [1.807, 2.05) is 24.3 Å². The Hall–Kier alpha value is -2.02. The van der Waals surface area contributed by atoms with Crippen LogP contribution in [0.3, 0.4) is 0 Å². The predicted octanol–water partition coefficient (Wildman–Crippen LogP) is 4.58. The van der Waals surface area contributed by atoms with Crippen LogP contribution in [0.1, 0.15) is 0 Å². The van der Waals surface area contributed by atoms with Crippen LogP contribution in [0.5, 0.6) is 0 Å². The zero-order valence-corrected chi connectivity index (χ0v) is 16.3. The normalized spacial score (nSPS) is 13.2. The van der Waals surface area contributed by atoms with Gasteiger partial charge in [0.05, 0.1) is 0 Å². The summed E-state index contributed by atoms with van der Waals surface area (Å²) in [6.45, 7) is 0. The van der Waals surface area contributed by atoms with Crippen LogP contribution < -0.4 is 15.9 Å². The Kier molecular flexibility index (Phi) is 5.32. The first-order valence-corrected chi connectivity index (χ1v) is 12.6. The van der Waals surface area contributed by atoms with Crippen molar-refractivity contribution in [2.45, 2.75) is 0 Å². The summed E-state index contributed by atoms with van der Waals surface area (Å²) >= 11 is 4.31. The maximum absolute atomic E-state index is 10.9. The molecule has 0 spiro atoms. The summed E-state index contributed by atoms with van der Waals surface area (Å²) in [5.41, 5.74) is 0. The number of hydrogen-bond donors (Lipinski definition) is 0. The Morgan fingerprint density at radius 1 is 0.680 bits per heavy atom. The van der Waals surface area contributed by atoms with Crippen LogP contribution in [-0.4, -0.2) is 12.4 Å². The SMILES string of the molecule is O=CC=CCP(Br)(c1ccccc1)(c1ccccc1)c1ccccc1. The summed E-state index contributed by atoms with van der Waals surface area (Å²) < 4.78 is 0. The van der Waals surface area contributed by atoms with Crippen molar-refractivity contribution in [1.82, 2.24) is 0 Å². The van der Waals surface area contributed by atoms with Crippen LogP contribution >= 0.6 is 20.8 Å². The number of benzene rings is 3. The Morgan fingerprint density at radius 3 is 1.36 bits per heavy atom. The van der Waals surface area contributed by atoms with Gasteiger partial charge in [-0.15, -0.1) is 0 Å². The van der Waals surface area contributed by atoms with Gasteiger partial charge in [-0.25, -0.2) is 0 Å². The molecule has 0 radical (unpaired) electrons. The number of rotatable bonds is 6. The zero-order valence-electron chi connectivity index (χ0n) is 13.8. The monoisotopic (exact) mass is 410 g/mol. The summed E-state index contributed by atoms with van der Waals surface area (Å²) in [4.78, 5) is 10.9. The maximum atomic E-state index is 10.9. The summed E-state index contributed by atoms with van der Waals surface area (Å²) in [5, 5.41) is 0.851. The first kappa shape index (κ1) is 17.8. The standard InChI is InChI=1S/C22H20BrOP/c23-25(19-11-10-18-24,20-12-4-1-5-13-20,21-14-6-2-7-15-21)22-16-8-3-9-17-22/h1-18H,19H2. The molecule has 0 saturated heterocycles. The van der Waals surface area contributed by atoms with Crippen LogP contribution in [0.15, 0.2) is 103 Å². The Morgan fingerprint density at radius 2 is 1.04 bits per heavy atom. The van der Waals surface area contributed by atoms with Crippen LogP contribution in [0, 0.1) is 0 Å². The van der Waals surface area contributed by atoms with E-state index in [1.54, 1.807) is 6.08 Å². The molecule has 25 heavy (non-hydrogen) atoms. The number of carbonyl (C=O) groups is 1. The van der Waals surface area contributed by atoms with E-state index in [0.29, 0.717) is 0 Å². The van der Waals surface area contributed by atoms with Gasteiger partial charge in [-0.05, 0) is 0 Å². The fourth-order valence-electron chi connectivity index (χ4n) is 3.29. The second-order valence-corrected chi connectivity index (χ2v) is 14.9. The molecule has 0 amide bonds. The van der Waals surface area contributed by atoms with Crippen LogP contribution in [-0.2, 0) is 4.79 Å². The third-order valence-electron chi connectivity index (χ3n) is 4.55. The molecule has 3 heteroatoms. The van der Waals surface area contributed by atoms with Gasteiger partial charge < -0.3 is 0 Å². The molecule has 126 valence electrons. The van der Waals surface area contributed by atoms with E-state index in [9.17, 15) is 4.79 Å². The first-order chi connectivity index (χ1) is 12.2. The van der Waals surface area contributed by atoms with Gasteiger partial charge in [0.15, 0.2) is 0 Å². The molecule has 0 atom stereocenters. The molecular formula is C22H20BrOP. The van der Waals surface area contributed by atoms with E-state index >= 15 is 0 Å². The van der Waals surface area contributed by atoms with Crippen molar-refractivity contribution in [1.29, 1.82) is 0 Å². The topological polar surface area (TPSA) is 17.1 Å². The molecule has 3 rings (SSSR count). The fourth-order valence-corrected chi connectivity index (χ4v) is 10.3. The number of carbonyl (C=O) groups excluding carboxylic acids is 1. The molecule has 0 heterocycles. The van der Waals surface area contributed by atoms with Gasteiger partial charge >= 0.3 is 157 Å². The first-order valence-electron chi connectivity index (χ1n) is 8.20. The van der Waals surface area contributed by atoms with E-state index < -0.39 is 5.31 Å². The molecule has 0 saturated carbocycles. The van der Waals surface area contributed by atoms with Crippen LogP contribution in [0.2, 0.25) is 0 Å². The number of allylic oxidation sites excluding steroid dienone is 2. The molecule has 0 aromatic heterocycles. The molecule has 0 aliphatic heterocycles. The van der Waals surface area contributed by atoms with Crippen LogP contribution in [0.25, 0.3) is 0 Å². The number of halogens is 1. The van der Waals surface area contributed by atoms with Gasteiger partial charge in [-0.3, -0.25) is 0 Å². The molecule has 0 bridgehead atoms. The van der Waals surface area contributed by atoms with Gasteiger partial charge in [0.25, 0.3) is 0 Å². The molecule has 0 unspecified atom stereocenters. The second-order valence-electron chi connectivity index (χ2n) is 5.94. The van der Waals surface area contributed by atoms with Crippen molar-refractivity contribution in [3.63, 3.8) is 0 Å². The Balaban J connectivity index is 2.40. The van der Waals surface area contributed by atoms with Crippen molar-refractivity contribution in [3.05, 3.63) is 103 Å². The number of aldehydes is 1. The predicted molar refractivity (Wildman–Crippen MR) is 114 cm³/mol. The van der Waals surface area contributed by atoms with E-state index in [2.05, 4.69) is 88.3 Å². The average molecular weight is 411 g/mol. The summed E-state index contributed by atoms with van der Waals surface area (Å²) in [6, 6.07) is 31.7. The molecule has 0 aliphatic rings. The molecule has 0 fully saturated rings. The van der Waals surface area contributed by atoms with E-state index in [1.165, 1.54) is 15.9 Å². The van der Waals surface area contributed by atoms with Gasteiger partial charge in [-0.1, -0.05) is 0 Å². The summed E-state index contributed by atoms with van der Waals surface area (Å²) in [6.07, 6.45) is 5.15. The van der Waals surface area contributed by atoms with E-state index in [0.717, 1.165) is 12.4 Å². The van der Waals surface area contributed by atoms with Gasteiger partial charge in [-0.2, -0.15) is 0 Å². The van der Waals surface area contributed by atoms with Crippen molar-refractivity contribution in [3.8, 4) is 0 Å². The molecule has 0 aliphatic carbocycles. The van der Waals surface area contributed by atoms with Crippen molar-refractivity contribution < 1.29 is 4.79 Å². The summed E-state index contributed by atoms with van der Waals surface area (Å²) in [7, 11) is 0. The summed E-state index contributed by atoms with van der Waals surface area (Å²) in [5.74, 6) is 0. The quantitative estimate of drug-likeness (QED) is 0.330. The number of hydrogen-bond acceptors (Lipinski definition) is 1. The Labute approximate surface area is 157 Å². The fraction of sp³-hybridized carbons (Fsp3) is 0.0455. The average Bonchev–Trinajstić information content (AvgIpc) is 2.70. The molecule has 3 aromatic rings. The minimum absolute atomic E-state index is 0.738. The van der Waals surface area contributed by atoms with Gasteiger partial charge in [0.2, 0.25) is 0 Å². The van der Waals surface area contributed by atoms with E-state index in [-0.39, 0.29) is 0 Å². The Bertz CT molecular complexity index is 761. The minimum atomic E-state index is -2.90. The molecule has 3 aromatic carbocycles. The van der Waals surface area contributed by atoms with Gasteiger partial charge in [0, 0.05) is 0 Å². The molecule has 0 N–H and O–H groups in total. The zero-order chi connectivity index (χ0) is 17.6. The van der Waals surface area contributed by atoms with Crippen molar-refractivity contribution >= 4 is 43.0 Å². The second kappa shape index (κ2) is 7.47. The van der Waals surface area contributed by atoms with Crippen LogP contribution in [0.4, 0.5) is 0 Å². The van der Waals surface area contributed by atoms with Crippen molar-refractivity contribution in [2.75, 3.05) is 6.16 Å².